The molecule has 0 saturated heterocycles. The summed E-state index contributed by atoms with van der Waals surface area (Å²) in [5, 5.41) is 2.59. The van der Waals surface area contributed by atoms with Crippen LogP contribution >= 0.6 is 0 Å². The summed E-state index contributed by atoms with van der Waals surface area (Å²) >= 11 is 0. The number of carbonyl (C=O) groups excluding carboxylic acids is 2. The van der Waals surface area contributed by atoms with E-state index in [0.717, 1.165) is 10.6 Å². The minimum Gasteiger partial charge on any atom is -0.325 e. The fourth-order valence-electron chi connectivity index (χ4n) is 2.01. The molecule has 0 atom stereocenters. The summed E-state index contributed by atoms with van der Waals surface area (Å²) in [7, 11) is -2.11. The zero-order chi connectivity index (χ0) is 17.7. The third-order valence-corrected chi connectivity index (χ3v) is 4.64. The van der Waals surface area contributed by atoms with Crippen molar-refractivity contribution in [2.24, 2.45) is 0 Å². The van der Waals surface area contributed by atoms with E-state index in [1.165, 1.54) is 7.05 Å². The largest absolute Gasteiger partial charge is 0.325 e. The van der Waals surface area contributed by atoms with Crippen LogP contribution in [0.1, 0.15) is 15.9 Å². The number of sulfonamides is 1. The van der Waals surface area contributed by atoms with Gasteiger partial charge in [-0.3, -0.25) is 9.59 Å². The van der Waals surface area contributed by atoms with E-state index in [1.54, 1.807) is 48.5 Å². The Morgan fingerprint density at radius 3 is 2.25 bits per heavy atom. The number of hydrogen-bond donors (Lipinski definition) is 1. The van der Waals surface area contributed by atoms with Gasteiger partial charge in [0.25, 0.3) is 0 Å². The summed E-state index contributed by atoms with van der Waals surface area (Å²) in [5.41, 5.74) is 1.43. The molecule has 0 aromatic heterocycles. The van der Waals surface area contributed by atoms with Gasteiger partial charge in [0.15, 0.2) is 5.78 Å². The van der Waals surface area contributed by atoms with Crippen molar-refractivity contribution in [2.75, 3.05) is 25.2 Å². The Morgan fingerprint density at radius 1 is 1.00 bits per heavy atom. The van der Waals surface area contributed by atoms with Gasteiger partial charge >= 0.3 is 0 Å². The molecule has 2 aromatic carbocycles. The average molecular weight is 346 g/mol. The first kappa shape index (κ1) is 17.8. The van der Waals surface area contributed by atoms with E-state index < -0.39 is 15.9 Å². The minimum absolute atomic E-state index is 0.153. The molecule has 0 aliphatic rings. The molecule has 1 N–H and O–H groups in total. The van der Waals surface area contributed by atoms with E-state index in [1.807, 2.05) is 6.07 Å². The zero-order valence-electron chi connectivity index (χ0n) is 13.4. The Balaban J connectivity index is 2.11. The second-order valence-electron chi connectivity index (χ2n) is 5.34. The van der Waals surface area contributed by atoms with Gasteiger partial charge in [0, 0.05) is 23.9 Å². The van der Waals surface area contributed by atoms with Gasteiger partial charge in [-0.2, -0.15) is 4.31 Å². The van der Waals surface area contributed by atoms with E-state index in [4.69, 9.17) is 0 Å². The highest BCUT2D eigenvalue weighted by atomic mass is 32.2. The van der Waals surface area contributed by atoms with Crippen molar-refractivity contribution >= 4 is 27.4 Å². The summed E-state index contributed by atoms with van der Waals surface area (Å²) in [6, 6.07) is 15.3. The standard InChI is InChI=1S/C17H18N2O4S/c1-19(24(2,22)23)12-16(20)18-15-10-6-9-14(11-15)17(21)13-7-4-3-5-8-13/h3-11H,12H2,1-2H3,(H,18,20). The van der Waals surface area contributed by atoms with Crippen LogP contribution in [0.3, 0.4) is 0 Å². The predicted molar refractivity (Wildman–Crippen MR) is 92.4 cm³/mol. The van der Waals surface area contributed by atoms with Crippen LogP contribution in [0, 0.1) is 0 Å². The Hall–Kier alpha value is -2.51. The summed E-state index contributed by atoms with van der Waals surface area (Å²) in [6.45, 7) is -0.296. The van der Waals surface area contributed by atoms with Crippen LogP contribution in [-0.2, 0) is 14.8 Å². The molecule has 1 amide bonds. The van der Waals surface area contributed by atoms with Gasteiger partial charge in [-0.05, 0) is 12.1 Å². The number of nitrogens with one attached hydrogen (secondary N) is 1. The fraction of sp³-hybridized carbons (Fsp3) is 0.176. The van der Waals surface area contributed by atoms with E-state index in [-0.39, 0.29) is 12.3 Å². The van der Waals surface area contributed by atoms with Gasteiger partial charge in [-0.1, -0.05) is 42.5 Å². The molecule has 2 aromatic rings. The van der Waals surface area contributed by atoms with Crippen molar-refractivity contribution in [3.05, 3.63) is 65.7 Å². The first-order valence-corrected chi connectivity index (χ1v) is 9.03. The van der Waals surface area contributed by atoms with Gasteiger partial charge in [-0.25, -0.2) is 8.42 Å². The molecule has 0 aliphatic carbocycles. The number of rotatable bonds is 6. The molecule has 2 rings (SSSR count). The molecule has 0 heterocycles. The molecule has 0 saturated carbocycles. The van der Waals surface area contributed by atoms with Crippen molar-refractivity contribution in [2.45, 2.75) is 0 Å². The number of nitrogens with zero attached hydrogens (tertiary/aromatic N) is 1. The van der Waals surface area contributed by atoms with Crippen LogP contribution < -0.4 is 5.32 Å². The highest BCUT2D eigenvalue weighted by molar-refractivity contribution is 7.88. The topological polar surface area (TPSA) is 83.6 Å². The molecule has 0 spiro atoms. The van der Waals surface area contributed by atoms with Crippen molar-refractivity contribution in [1.29, 1.82) is 0 Å². The predicted octanol–water partition coefficient (Wildman–Crippen LogP) is 1.75. The third kappa shape index (κ3) is 4.74. The Labute approximate surface area is 141 Å². The number of anilines is 1. The summed E-state index contributed by atoms with van der Waals surface area (Å²) in [4.78, 5) is 24.3. The second kappa shape index (κ2) is 7.37. The van der Waals surface area contributed by atoms with Gasteiger partial charge in [0.2, 0.25) is 15.9 Å². The van der Waals surface area contributed by atoms with Gasteiger partial charge < -0.3 is 5.32 Å². The Bertz CT molecular complexity index is 848. The number of carbonyl (C=O) groups is 2. The van der Waals surface area contributed by atoms with Crippen LogP contribution in [0.5, 0.6) is 0 Å². The quantitative estimate of drug-likeness (QED) is 0.808. The molecule has 0 unspecified atom stereocenters. The molecule has 0 fully saturated rings. The number of amides is 1. The van der Waals surface area contributed by atoms with Crippen molar-refractivity contribution < 1.29 is 18.0 Å². The lowest BCUT2D eigenvalue weighted by atomic mass is 10.0. The molecule has 6 nitrogen and oxygen atoms in total. The molecule has 126 valence electrons. The van der Waals surface area contributed by atoms with E-state index >= 15 is 0 Å². The fourth-order valence-corrected chi connectivity index (χ4v) is 2.37. The van der Waals surface area contributed by atoms with Crippen LogP contribution in [0.25, 0.3) is 0 Å². The maximum Gasteiger partial charge on any atom is 0.239 e. The summed E-state index contributed by atoms with van der Waals surface area (Å²) < 4.78 is 23.6. The Kier molecular flexibility index (Phi) is 5.48. The smallest absolute Gasteiger partial charge is 0.239 e. The first-order chi connectivity index (χ1) is 11.3. The van der Waals surface area contributed by atoms with Crippen LogP contribution in [0.4, 0.5) is 5.69 Å². The lowest BCUT2D eigenvalue weighted by Crippen LogP contribution is -2.34. The number of likely N-dealkylation sites (N-methyl/N-ethyl adjacent to an activating group) is 1. The number of benzene rings is 2. The molecule has 7 heteroatoms. The molecule has 0 bridgehead atoms. The molecular formula is C17H18N2O4S. The van der Waals surface area contributed by atoms with E-state index in [9.17, 15) is 18.0 Å². The number of ketones is 1. The van der Waals surface area contributed by atoms with E-state index in [2.05, 4.69) is 5.32 Å². The third-order valence-electron chi connectivity index (χ3n) is 3.38. The Morgan fingerprint density at radius 2 is 1.62 bits per heavy atom. The molecule has 0 radical (unpaired) electrons. The van der Waals surface area contributed by atoms with Gasteiger partial charge in [-0.15, -0.1) is 0 Å². The first-order valence-electron chi connectivity index (χ1n) is 7.18. The molecule has 24 heavy (non-hydrogen) atoms. The van der Waals surface area contributed by atoms with Gasteiger partial charge in [0.1, 0.15) is 0 Å². The normalized spacial score (nSPS) is 11.3. The molecular weight excluding hydrogens is 328 g/mol. The second-order valence-corrected chi connectivity index (χ2v) is 7.43. The van der Waals surface area contributed by atoms with Crippen molar-refractivity contribution in [1.82, 2.24) is 4.31 Å². The summed E-state index contributed by atoms with van der Waals surface area (Å²) in [5.74, 6) is -0.632. The van der Waals surface area contributed by atoms with Gasteiger partial charge in [0.05, 0.1) is 12.8 Å². The lowest BCUT2D eigenvalue weighted by molar-refractivity contribution is -0.116. The maximum absolute atomic E-state index is 12.4. The average Bonchev–Trinajstić information content (AvgIpc) is 2.54. The minimum atomic E-state index is -3.43. The maximum atomic E-state index is 12.4. The highest BCUT2D eigenvalue weighted by Crippen LogP contribution is 2.15. The monoisotopic (exact) mass is 346 g/mol. The van der Waals surface area contributed by atoms with E-state index in [0.29, 0.717) is 16.8 Å². The van der Waals surface area contributed by atoms with Crippen LogP contribution in [-0.4, -0.2) is 44.3 Å². The van der Waals surface area contributed by atoms with Crippen molar-refractivity contribution in [3.8, 4) is 0 Å². The zero-order valence-corrected chi connectivity index (χ0v) is 14.2. The molecule has 0 aliphatic heterocycles. The number of hydrogen-bond acceptors (Lipinski definition) is 4. The summed E-state index contributed by atoms with van der Waals surface area (Å²) in [6.07, 6.45) is 1.03. The van der Waals surface area contributed by atoms with Crippen LogP contribution in [0.15, 0.2) is 54.6 Å². The SMILES string of the molecule is CN(CC(=O)Nc1cccc(C(=O)c2ccccc2)c1)S(C)(=O)=O. The van der Waals surface area contributed by atoms with Crippen LogP contribution in [0.2, 0.25) is 0 Å². The highest BCUT2D eigenvalue weighted by Gasteiger charge is 2.15. The van der Waals surface area contributed by atoms with Crippen molar-refractivity contribution in [3.63, 3.8) is 0 Å². The lowest BCUT2D eigenvalue weighted by Gasteiger charge is -2.14.